The number of hydrogen-bond acceptors (Lipinski definition) is 5. The summed E-state index contributed by atoms with van der Waals surface area (Å²) in [4.78, 5) is 4.52. The van der Waals surface area contributed by atoms with Crippen molar-refractivity contribution >= 4 is 35.1 Å². The summed E-state index contributed by atoms with van der Waals surface area (Å²) in [5.74, 6) is -0.117. The molecule has 0 aromatic carbocycles. The van der Waals surface area contributed by atoms with Gasteiger partial charge in [0.1, 0.15) is 0 Å². The van der Waals surface area contributed by atoms with E-state index in [1.54, 1.807) is 0 Å². The van der Waals surface area contributed by atoms with Crippen molar-refractivity contribution in [2.75, 3.05) is 7.11 Å². The zero-order valence-electron chi connectivity index (χ0n) is 7.27. The molecule has 0 bridgehead atoms. The molecule has 0 saturated heterocycles. The number of halogens is 1. The van der Waals surface area contributed by atoms with E-state index in [1.165, 1.54) is 24.7 Å². The number of aromatic nitrogens is 1. The fraction of sp³-hybridized carbons (Fsp3) is 0.167. The Labute approximate surface area is 89.2 Å². The fourth-order valence-corrected chi connectivity index (χ4v) is 1.54. The van der Waals surface area contributed by atoms with Crippen LogP contribution in [0.15, 0.2) is 10.2 Å². The fourth-order valence-electron chi connectivity index (χ4n) is 0.609. The largest absolute Gasteiger partial charge is 0.473 e. The Kier molecular flexibility index (Phi) is 3.66. The van der Waals surface area contributed by atoms with Crippen molar-refractivity contribution in [3.63, 3.8) is 0 Å². The average molecular weight is 234 g/mol. The molecular formula is C6H8ClN5OS. The van der Waals surface area contributed by atoms with Gasteiger partial charge in [-0.1, -0.05) is 22.9 Å². The van der Waals surface area contributed by atoms with Gasteiger partial charge in [-0.2, -0.15) is 10.1 Å². The molecule has 76 valence electrons. The van der Waals surface area contributed by atoms with Crippen molar-refractivity contribution in [3.8, 4) is 5.19 Å². The molecule has 0 atom stereocenters. The molecule has 4 N–H and O–H groups in total. The maximum Gasteiger partial charge on any atom is 0.274 e. The van der Waals surface area contributed by atoms with E-state index >= 15 is 0 Å². The molecule has 0 aliphatic rings. The lowest BCUT2D eigenvalue weighted by Gasteiger charge is -1.85. The maximum absolute atomic E-state index is 5.76. The van der Waals surface area contributed by atoms with E-state index in [0.29, 0.717) is 15.2 Å². The third kappa shape index (κ3) is 2.86. The van der Waals surface area contributed by atoms with Crippen LogP contribution in [0.2, 0.25) is 5.15 Å². The van der Waals surface area contributed by atoms with Crippen molar-refractivity contribution < 1.29 is 4.74 Å². The average Bonchev–Trinajstić information content (AvgIpc) is 2.47. The van der Waals surface area contributed by atoms with Gasteiger partial charge in [-0.25, -0.2) is 0 Å². The van der Waals surface area contributed by atoms with Crippen molar-refractivity contribution in [1.82, 2.24) is 4.98 Å². The topological polar surface area (TPSA) is 98.9 Å². The van der Waals surface area contributed by atoms with E-state index in [1.807, 2.05) is 0 Å². The number of methoxy groups -OCH3 is 1. The van der Waals surface area contributed by atoms with Gasteiger partial charge in [0.2, 0.25) is 5.96 Å². The third-order valence-corrected chi connectivity index (χ3v) is 2.46. The Morgan fingerprint density at radius 3 is 2.86 bits per heavy atom. The Morgan fingerprint density at radius 1 is 1.64 bits per heavy atom. The third-order valence-electron chi connectivity index (χ3n) is 1.11. The minimum Gasteiger partial charge on any atom is -0.473 e. The monoisotopic (exact) mass is 233 g/mol. The van der Waals surface area contributed by atoms with Crippen LogP contribution in [0.3, 0.4) is 0 Å². The number of rotatable bonds is 3. The van der Waals surface area contributed by atoms with Crippen molar-refractivity contribution in [2.24, 2.45) is 21.7 Å². The Balaban J connectivity index is 2.81. The summed E-state index contributed by atoms with van der Waals surface area (Å²) >= 11 is 7.00. The Morgan fingerprint density at radius 2 is 2.36 bits per heavy atom. The molecule has 14 heavy (non-hydrogen) atoms. The van der Waals surface area contributed by atoms with Crippen LogP contribution in [-0.2, 0) is 0 Å². The smallest absolute Gasteiger partial charge is 0.274 e. The van der Waals surface area contributed by atoms with Gasteiger partial charge < -0.3 is 16.2 Å². The van der Waals surface area contributed by atoms with E-state index in [-0.39, 0.29) is 5.96 Å². The molecule has 1 aromatic rings. The van der Waals surface area contributed by atoms with E-state index in [2.05, 4.69) is 15.2 Å². The van der Waals surface area contributed by atoms with E-state index in [0.717, 1.165) is 0 Å². The minimum atomic E-state index is -0.117. The van der Waals surface area contributed by atoms with Gasteiger partial charge >= 0.3 is 0 Å². The number of thiazole rings is 1. The van der Waals surface area contributed by atoms with Crippen molar-refractivity contribution in [2.45, 2.75) is 0 Å². The quantitative estimate of drug-likeness (QED) is 0.449. The normalized spacial score (nSPS) is 10.4. The Hall–Kier alpha value is -1.34. The maximum atomic E-state index is 5.76. The van der Waals surface area contributed by atoms with E-state index < -0.39 is 0 Å². The molecule has 8 heteroatoms. The molecule has 0 aliphatic carbocycles. The molecule has 1 heterocycles. The molecule has 0 spiro atoms. The van der Waals surface area contributed by atoms with Crippen LogP contribution in [0.5, 0.6) is 5.19 Å². The number of nitrogens with two attached hydrogens (primary N) is 2. The predicted octanol–water partition coefficient (Wildman–Crippen LogP) is 0.412. The second kappa shape index (κ2) is 4.77. The molecule has 1 aromatic heterocycles. The summed E-state index contributed by atoms with van der Waals surface area (Å²) < 4.78 is 4.88. The first-order valence-electron chi connectivity index (χ1n) is 3.45. The highest BCUT2D eigenvalue weighted by Crippen LogP contribution is 2.26. The molecule has 0 amide bonds. The SMILES string of the molecule is COc1nc(Cl)c(/C=N/N=C(N)N)s1. The van der Waals surface area contributed by atoms with Crippen LogP contribution in [0.1, 0.15) is 4.88 Å². The highest BCUT2D eigenvalue weighted by molar-refractivity contribution is 7.15. The lowest BCUT2D eigenvalue weighted by atomic mass is 10.6. The summed E-state index contributed by atoms with van der Waals surface area (Å²) in [6.07, 6.45) is 1.40. The first-order chi connectivity index (χ1) is 6.63. The van der Waals surface area contributed by atoms with Crippen LogP contribution < -0.4 is 16.2 Å². The van der Waals surface area contributed by atoms with Gasteiger partial charge in [0.15, 0.2) is 5.15 Å². The predicted molar refractivity (Wildman–Crippen MR) is 57.1 cm³/mol. The number of ether oxygens (including phenoxy) is 1. The lowest BCUT2D eigenvalue weighted by molar-refractivity contribution is 0.412. The number of hydrogen-bond donors (Lipinski definition) is 2. The zero-order chi connectivity index (χ0) is 10.6. The van der Waals surface area contributed by atoms with Crippen LogP contribution in [-0.4, -0.2) is 24.3 Å². The second-order valence-corrected chi connectivity index (χ2v) is 3.46. The van der Waals surface area contributed by atoms with Crippen LogP contribution in [0.4, 0.5) is 0 Å². The molecule has 0 unspecified atom stereocenters. The van der Waals surface area contributed by atoms with E-state index in [4.69, 9.17) is 27.8 Å². The second-order valence-electron chi connectivity index (χ2n) is 2.11. The number of guanidine groups is 1. The summed E-state index contributed by atoms with van der Waals surface area (Å²) in [6, 6.07) is 0. The standard InChI is InChI=1S/C6H8ClN5OS/c1-13-6-11-4(7)3(14-6)2-10-12-5(8)9/h2H,1H3,(H4,8,9,12)/b10-2+. The van der Waals surface area contributed by atoms with Crippen molar-refractivity contribution in [3.05, 3.63) is 10.0 Å². The first kappa shape index (κ1) is 10.7. The summed E-state index contributed by atoms with van der Waals surface area (Å²) in [7, 11) is 1.51. The molecule has 0 radical (unpaired) electrons. The lowest BCUT2D eigenvalue weighted by Crippen LogP contribution is -2.21. The van der Waals surface area contributed by atoms with Gasteiger partial charge in [-0.15, -0.1) is 5.10 Å². The van der Waals surface area contributed by atoms with Gasteiger partial charge in [-0.05, 0) is 0 Å². The summed E-state index contributed by atoms with van der Waals surface area (Å²) in [5.41, 5.74) is 10.1. The highest BCUT2D eigenvalue weighted by atomic mass is 35.5. The molecule has 0 aliphatic heterocycles. The van der Waals surface area contributed by atoms with Crippen LogP contribution in [0, 0.1) is 0 Å². The molecule has 0 saturated carbocycles. The molecule has 6 nitrogen and oxygen atoms in total. The summed E-state index contributed by atoms with van der Waals surface area (Å²) in [5, 5.41) is 7.78. The highest BCUT2D eigenvalue weighted by Gasteiger charge is 2.06. The Bertz CT molecular complexity index is 370. The minimum absolute atomic E-state index is 0.117. The van der Waals surface area contributed by atoms with Gasteiger partial charge in [-0.3, -0.25) is 0 Å². The van der Waals surface area contributed by atoms with Crippen molar-refractivity contribution in [1.29, 1.82) is 0 Å². The number of nitrogens with zero attached hydrogens (tertiary/aromatic N) is 3. The zero-order valence-corrected chi connectivity index (χ0v) is 8.84. The molecule has 0 fully saturated rings. The first-order valence-corrected chi connectivity index (χ1v) is 4.65. The van der Waals surface area contributed by atoms with Gasteiger partial charge in [0, 0.05) is 0 Å². The van der Waals surface area contributed by atoms with Gasteiger partial charge in [0.05, 0.1) is 18.2 Å². The van der Waals surface area contributed by atoms with Gasteiger partial charge in [0.25, 0.3) is 5.19 Å². The molecule has 1 rings (SSSR count). The molecular weight excluding hydrogens is 226 g/mol. The van der Waals surface area contributed by atoms with Crippen LogP contribution in [0.25, 0.3) is 0 Å². The van der Waals surface area contributed by atoms with E-state index in [9.17, 15) is 0 Å². The van der Waals surface area contributed by atoms with Crippen LogP contribution >= 0.6 is 22.9 Å². The summed E-state index contributed by atoms with van der Waals surface area (Å²) in [6.45, 7) is 0.